The van der Waals surface area contributed by atoms with Crippen LogP contribution >= 0.6 is 0 Å². The van der Waals surface area contributed by atoms with Crippen LogP contribution in [0.15, 0.2) is 54.9 Å². The lowest BCUT2D eigenvalue weighted by Gasteiger charge is -2.27. The number of carbonyl (C=O) groups excluding carboxylic acids is 7. The third kappa shape index (κ3) is 8.93. The number of fused-ring (bicyclic) bond motifs is 2. The minimum absolute atomic E-state index is 0.0104. The Morgan fingerprint density at radius 2 is 1.63 bits per heavy atom. The Bertz CT molecular complexity index is 2300. The molecular weight excluding hydrogens is 759 g/mol. The van der Waals surface area contributed by atoms with Crippen LogP contribution in [-0.2, 0) is 14.4 Å². The van der Waals surface area contributed by atoms with E-state index in [1.54, 1.807) is 49.5 Å². The van der Waals surface area contributed by atoms with Crippen molar-refractivity contribution in [3.63, 3.8) is 0 Å². The maximum atomic E-state index is 13.2. The summed E-state index contributed by atoms with van der Waals surface area (Å²) in [6, 6.07) is 10.7. The minimum Gasteiger partial charge on any atom is -0.483 e. The Morgan fingerprint density at radius 3 is 2.34 bits per heavy atom. The predicted molar refractivity (Wildman–Crippen MR) is 215 cm³/mol. The molecule has 4 aromatic rings. The maximum absolute atomic E-state index is 13.2. The van der Waals surface area contributed by atoms with Gasteiger partial charge in [0.05, 0.1) is 22.1 Å². The molecule has 17 heteroatoms. The molecule has 7 amide bonds. The highest BCUT2D eigenvalue weighted by Gasteiger charge is 2.46. The van der Waals surface area contributed by atoms with Crippen molar-refractivity contribution in [2.24, 2.45) is 0 Å². The Labute approximate surface area is 340 Å². The van der Waals surface area contributed by atoms with Gasteiger partial charge in [-0.1, -0.05) is 31.7 Å². The molecular formula is C42H47N9O8. The molecule has 0 spiro atoms. The number of benzene rings is 2. The number of carbonyl (C=O) groups is 7. The topological polar surface area (TPSA) is 214 Å². The van der Waals surface area contributed by atoms with Gasteiger partial charge in [0.25, 0.3) is 29.5 Å². The predicted octanol–water partition coefficient (Wildman–Crippen LogP) is 3.88. The molecule has 308 valence electrons. The van der Waals surface area contributed by atoms with Crippen LogP contribution in [-0.4, -0.2) is 106 Å². The van der Waals surface area contributed by atoms with Crippen molar-refractivity contribution in [2.45, 2.75) is 76.3 Å². The van der Waals surface area contributed by atoms with Crippen molar-refractivity contribution >= 4 is 64.0 Å². The van der Waals surface area contributed by atoms with Crippen LogP contribution in [0.3, 0.4) is 0 Å². The van der Waals surface area contributed by atoms with Crippen molar-refractivity contribution in [1.29, 1.82) is 0 Å². The van der Waals surface area contributed by atoms with Crippen LogP contribution < -0.4 is 26.0 Å². The molecule has 1 saturated carbocycles. The number of anilines is 2. The summed E-state index contributed by atoms with van der Waals surface area (Å²) < 4.78 is 7.75. The third-order valence-corrected chi connectivity index (χ3v) is 10.8. The number of amides is 7. The van der Waals surface area contributed by atoms with Gasteiger partial charge >= 0.3 is 0 Å². The fraction of sp³-hybridized carbons (Fsp3) is 0.405. The van der Waals surface area contributed by atoms with Gasteiger partial charge < -0.3 is 30.2 Å². The van der Waals surface area contributed by atoms with E-state index in [0.717, 1.165) is 66.6 Å². The molecule has 1 unspecified atom stereocenters. The van der Waals surface area contributed by atoms with Gasteiger partial charge in [0.2, 0.25) is 17.8 Å². The zero-order valence-electron chi connectivity index (χ0n) is 33.0. The molecule has 7 rings (SSSR count). The Kier molecular flexibility index (Phi) is 12.3. The van der Waals surface area contributed by atoms with Gasteiger partial charge in [0.15, 0.2) is 6.61 Å². The average molecular weight is 806 g/mol. The van der Waals surface area contributed by atoms with Crippen LogP contribution in [0.2, 0.25) is 0 Å². The smallest absolute Gasteiger partial charge is 0.266 e. The normalized spacial score (nSPS) is 16.6. The minimum atomic E-state index is -1.10. The first-order chi connectivity index (χ1) is 28.5. The summed E-state index contributed by atoms with van der Waals surface area (Å²) in [5.74, 6) is -2.75. The molecule has 1 atom stereocenters. The van der Waals surface area contributed by atoms with E-state index in [2.05, 4.69) is 30.8 Å². The monoisotopic (exact) mass is 805 g/mol. The summed E-state index contributed by atoms with van der Waals surface area (Å²) in [4.78, 5) is 100. The van der Waals surface area contributed by atoms with E-state index in [1.165, 1.54) is 18.2 Å². The van der Waals surface area contributed by atoms with Crippen LogP contribution in [0.5, 0.6) is 5.75 Å². The van der Waals surface area contributed by atoms with E-state index in [0.29, 0.717) is 42.6 Å². The number of imide groups is 2. The van der Waals surface area contributed by atoms with Gasteiger partial charge in [-0.3, -0.25) is 43.8 Å². The van der Waals surface area contributed by atoms with Crippen molar-refractivity contribution in [1.82, 2.24) is 40.3 Å². The molecule has 2 aromatic heterocycles. The second-order valence-electron chi connectivity index (χ2n) is 15.2. The Hall–Kier alpha value is -6.65. The van der Waals surface area contributed by atoms with E-state index in [1.807, 2.05) is 6.20 Å². The van der Waals surface area contributed by atoms with E-state index in [-0.39, 0.29) is 48.1 Å². The molecule has 59 heavy (non-hydrogen) atoms. The average Bonchev–Trinajstić information content (AvgIpc) is 3.95. The number of unbranched alkanes of at least 4 members (excludes halogenated alkanes) is 3. The van der Waals surface area contributed by atoms with E-state index >= 15 is 0 Å². The SMILES string of the molecule is CN(C)C(=O)c1cn(C2CCCC2)c2nc(Nc3ccc(C(=O)NCCCCCCNC(=O)COc4cccc5c4C(=O)N(C4CCC(=O)NC4=O)C5=O)cc3)ncc12. The van der Waals surface area contributed by atoms with Gasteiger partial charge in [-0.2, -0.15) is 4.98 Å². The van der Waals surface area contributed by atoms with Crippen molar-refractivity contribution in [2.75, 3.05) is 39.1 Å². The standard InChI is InChI=1S/C42H47N9O8/c1-49(2)39(56)30-23-50(27-10-5-6-11-27)36-29(30)22-45-42(48-36)46-26-16-14-25(15-17-26)37(54)44-21-8-4-3-7-20-43-34(53)24-59-32-13-9-12-28-35(32)41(58)51(40(28)57)31-18-19-33(52)47-38(31)55/h9,12-17,22-23,27,31H,3-8,10-11,18-21,24H2,1-2H3,(H,43,53)(H,44,54)(H,45,46,48)(H,47,52,55). The van der Waals surface area contributed by atoms with Gasteiger partial charge in [0, 0.05) is 63.3 Å². The molecule has 3 aliphatic rings. The zero-order chi connectivity index (χ0) is 41.6. The first-order valence-electron chi connectivity index (χ1n) is 20.0. The molecule has 4 heterocycles. The summed E-state index contributed by atoms with van der Waals surface area (Å²) in [5, 5.41) is 11.8. The Balaban J connectivity index is 0.803. The molecule has 1 aliphatic carbocycles. The van der Waals surface area contributed by atoms with Crippen molar-refractivity contribution in [3.05, 3.63) is 77.1 Å². The van der Waals surface area contributed by atoms with Gasteiger partial charge in [-0.05, 0) is 68.5 Å². The van der Waals surface area contributed by atoms with Crippen LogP contribution in [0.1, 0.15) is 112 Å². The second-order valence-corrected chi connectivity index (χ2v) is 15.2. The maximum Gasteiger partial charge on any atom is 0.266 e. The molecule has 2 aliphatic heterocycles. The quantitative estimate of drug-likeness (QED) is 0.0942. The summed E-state index contributed by atoms with van der Waals surface area (Å²) >= 11 is 0. The Morgan fingerprint density at radius 1 is 0.898 bits per heavy atom. The largest absolute Gasteiger partial charge is 0.483 e. The summed E-state index contributed by atoms with van der Waals surface area (Å²) in [7, 11) is 3.46. The second kappa shape index (κ2) is 17.9. The molecule has 0 bridgehead atoms. The first kappa shape index (κ1) is 40.5. The summed E-state index contributed by atoms with van der Waals surface area (Å²) in [6.07, 6.45) is 11.2. The van der Waals surface area contributed by atoms with E-state index in [9.17, 15) is 33.6 Å². The fourth-order valence-corrected chi connectivity index (χ4v) is 7.73. The molecule has 1 saturated heterocycles. The number of rotatable bonds is 16. The molecule has 2 aromatic carbocycles. The number of nitrogens with one attached hydrogen (secondary N) is 4. The fourth-order valence-electron chi connectivity index (χ4n) is 7.73. The number of aromatic nitrogens is 3. The highest BCUT2D eigenvalue weighted by atomic mass is 16.5. The summed E-state index contributed by atoms with van der Waals surface area (Å²) in [5.41, 5.74) is 2.60. The van der Waals surface area contributed by atoms with E-state index in [4.69, 9.17) is 9.72 Å². The van der Waals surface area contributed by atoms with Crippen LogP contribution in [0.4, 0.5) is 11.6 Å². The zero-order valence-corrected chi connectivity index (χ0v) is 33.0. The third-order valence-electron chi connectivity index (χ3n) is 10.8. The molecule has 0 radical (unpaired) electrons. The number of hydrogen-bond acceptors (Lipinski definition) is 11. The van der Waals surface area contributed by atoms with Crippen LogP contribution in [0.25, 0.3) is 11.0 Å². The lowest BCUT2D eigenvalue weighted by molar-refractivity contribution is -0.136. The van der Waals surface area contributed by atoms with Gasteiger partial charge in [-0.15, -0.1) is 0 Å². The number of nitrogens with zero attached hydrogens (tertiary/aromatic N) is 5. The molecule has 17 nitrogen and oxygen atoms in total. The lowest BCUT2D eigenvalue weighted by atomic mass is 10.0. The van der Waals surface area contributed by atoms with E-state index < -0.39 is 35.6 Å². The number of piperidine rings is 1. The first-order valence-corrected chi connectivity index (χ1v) is 20.0. The number of ether oxygens (including phenoxy) is 1. The highest BCUT2D eigenvalue weighted by molar-refractivity contribution is 6.24. The lowest BCUT2D eigenvalue weighted by Crippen LogP contribution is -2.54. The van der Waals surface area contributed by atoms with Crippen LogP contribution in [0, 0.1) is 0 Å². The molecule has 2 fully saturated rings. The van der Waals surface area contributed by atoms with Gasteiger partial charge in [-0.25, -0.2) is 4.98 Å². The van der Waals surface area contributed by atoms with Gasteiger partial charge in [0.1, 0.15) is 17.4 Å². The van der Waals surface area contributed by atoms with Crippen molar-refractivity contribution in [3.8, 4) is 5.75 Å². The summed E-state index contributed by atoms with van der Waals surface area (Å²) in [6.45, 7) is 0.528. The number of hydrogen-bond donors (Lipinski definition) is 4. The highest BCUT2D eigenvalue weighted by Crippen LogP contribution is 2.35. The van der Waals surface area contributed by atoms with Crippen molar-refractivity contribution < 1.29 is 38.3 Å². The molecule has 4 N–H and O–H groups in total.